The molecule has 114 valence electrons. The second-order valence-electron chi connectivity index (χ2n) is 3.90. The number of halogens is 3. The Morgan fingerprint density at radius 1 is 1.25 bits per heavy atom. The lowest BCUT2D eigenvalue weighted by Gasteiger charge is -2.11. The molecule has 0 spiro atoms. The molecule has 0 amide bonds. The number of nitrogens with one attached hydrogen (secondary N) is 2. The molecule has 0 saturated heterocycles. The molecule has 0 saturated carbocycles. The van der Waals surface area contributed by atoms with Crippen LogP contribution in [0.5, 0.6) is 0 Å². The van der Waals surface area contributed by atoms with Crippen LogP contribution in [-0.4, -0.2) is 39.8 Å². The zero-order valence-corrected chi connectivity index (χ0v) is 13.9. The molecular formula is C13H20F2IN3O. The van der Waals surface area contributed by atoms with Gasteiger partial charge in [0, 0.05) is 33.3 Å². The summed E-state index contributed by atoms with van der Waals surface area (Å²) in [5.74, 6) is -0.463. The van der Waals surface area contributed by atoms with Gasteiger partial charge in [-0.3, -0.25) is 4.99 Å². The SMILES string of the molecule is CN=C(NCCOC)NCCc1ccc(F)cc1F.I. The summed E-state index contributed by atoms with van der Waals surface area (Å²) in [5, 5.41) is 6.08. The lowest BCUT2D eigenvalue weighted by molar-refractivity contribution is 0.203. The number of hydrogen-bond acceptors (Lipinski definition) is 2. The molecule has 1 aromatic carbocycles. The number of aliphatic imine (C=N–C) groups is 1. The molecule has 0 bridgehead atoms. The quantitative estimate of drug-likeness (QED) is 0.333. The van der Waals surface area contributed by atoms with Gasteiger partial charge in [-0.2, -0.15) is 0 Å². The number of nitrogens with zero attached hydrogens (tertiary/aromatic N) is 1. The number of ether oxygens (including phenoxy) is 1. The molecule has 20 heavy (non-hydrogen) atoms. The average Bonchev–Trinajstić information content (AvgIpc) is 2.39. The van der Waals surface area contributed by atoms with Crippen LogP contribution < -0.4 is 10.6 Å². The normalized spacial score (nSPS) is 10.9. The Morgan fingerprint density at radius 2 is 1.95 bits per heavy atom. The summed E-state index contributed by atoms with van der Waals surface area (Å²) < 4.78 is 31.0. The molecule has 0 radical (unpaired) electrons. The van der Waals surface area contributed by atoms with E-state index < -0.39 is 11.6 Å². The van der Waals surface area contributed by atoms with E-state index in [-0.39, 0.29) is 24.0 Å². The largest absolute Gasteiger partial charge is 0.383 e. The maximum Gasteiger partial charge on any atom is 0.191 e. The van der Waals surface area contributed by atoms with Gasteiger partial charge in [-0.15, -0.1) is 24.0 Å². The van der Waals surface area contributed by atoms with Crippen LogP contribution in [0.15, 0.2) is 23.2 Å². The van der Waals surface area contributed by atoms with Crippen molar-refractivity contribution in [3.63, 3.8) is 0 Å². The Kier molecular flexibility index (Phi) is 10.3. The van der Waals surface area contributed by atoms with Crippen molar-refractivity contribution >= 4 is 29.9 Å². The zero-order chi connectivity index (χ0) is 14.1. The Labute approximate surface area is 135 Å². The van der Waals surface area contributed by atoms with E-state index >= 15 is 0 Å². The van der Waals surface area contributed by atoms with Gasteiger partial charge in [0.1, 0.15) is 11.6 Å². The molecule has 0 unspecified atom stereocenters. The van der Waals surface area contributed by atoms with Crippen LogP contribution in [0.4, 0.5) is 8.78 Å². The van der Waals surface area contributed by atoms with Crippen molar-refractivity contribution in [2.45, 2.75) is 6.42 Å². The highest BCUT2D eigenvalue weighted by Gasteiger charge is 2.04. The third kappa shape index (κ3) is 6.99. The number of methoxy groups -OCH3 is 1. The minimum atomic E-state index is -0.564. The molecule has 2 N–H and O–H groups in total. The predicted octanol–water partition coefficient (Wildman–Crippen LogP) is 1.94. The molecule has 0 fully saturated rings. The molecule has 1 rings (SSSR count). The summed E-state index contributed by atoms with van der Waals surface area (Å²) in [4.78, 5) is 4.01. The van der Waals surface area contributed by atoms with Crippen LogP contribution in [0, 0.1) is 11.6 Å². The molecule has 1 aromatic rings. The van der Waals surface area contributed by atoms with Crippen molar-refractivity contribution in [1.29, 1.82) is 0 Å². The van der Waals surface area contributed by atoms with E-state index in [1.807, 2.05) is 0 Å². The van der Waals surface area contributed by atoms with Gasteiger partial charge < -0.3 is 15.4 Å². The number of rotatable bonds is 6. The fraction of sp³-hybridized carbons (Fsp3) is 0.462. The maximum atomic E-state index is 13.4. The van der Waals surface area contributed by atoms with Gasteiger partial charge in [0.05, 0.1) is 6.61 Å². The van der Waals surface area contributed by atoms with Crippen molar-refractivity contribution < 1.29 is 13.5 Å². The highest BCUT2D eigenvalue weighted by atomic mass is 127. The Balaban J connectivity index is 0.00000361. The molecule has 0 atom stereocenters. The van der Waals surface area contributed by atoms with Gasteiger partial charge in [0.25, 0.3) is 0 Å². The number of guanidine groups is 1. The van der Waals surface area contributed by atoms with E-state index in [1.54, 1.807) is 14.2 Å². The summed E-state index contributed by atoms with van der Waals surface area (Å²) in [6.45, 7) is 1.73. The highest BCUT2D eigenvalue weighted by Crippen LogP contribution is 2.09. The van der Waals surface area contributed by atoms with Gasteiger partial charge in [0.2, 0.25) is 0 Å². The molecule has 4 nitrogen and oxygen atoms in total. The van der Waals surface area contributed by atoms with E-state index in [2.05, 4.69) is 15.6 Å². The molecule has 7 heteroatoms. The van der Waals surface area contributed by atoms with E-state index in [9.17, 15) is 8.78 Å². The van der Waals surface area contributed by atoms with Crippen molar-refractivity contribution in [1.82, 2.24) is 10.6 Å². The van der Waals surface area contributed by atoms with E-state index in [1.165, 1.54) is 12.1 Å². The zero-order valence-electron chi connectivity index (χ0n) is 11.6. The van der Waals surface area contributed by atoms with Crippen LogP contribution in [0.2, 0.25) is 0 Å². The molecule has 0 aliphatic heterocycles. The van der Waals surface area contributed by atoms with Crippen molar-refractivity contribution in [3.05, 3.63) is 35.4 Å². The molecule has 0 aliphatic carbocycles. The maximum absolute atomic E-state index is 13.4. The molecular weight excluding hydrogens is 379 g/mol. The van der Waals surface area contributed by atoms with Crippen LogP contribution in [-0.2, 0) is 11.2 Å². The standard InChI is InChI=1S/C13H19F2N3O.HI/c1-16-13(18-7-8-19-2)17-6-5-10-3-4-11(14)9-12(10)15;/h3-4,9H,5-8H2,1-2H3,(H2,16,17,18);1H. The Morgan fingerprint density at radius 3 is 2.55 bits per heavy atom. The summed E-state index contributed by atoms with van der Waals surface area (Å²) >= 11 is 0. The molecule has 0 heterocycles. The van der Waals surface area contributed by atoms with Crippen LogP contribution in [0.3, 0.4) is 0 Å². The number of hydrogen-bond donors (Lipinski definition) is 2. The first-order valence-corrected chi connectivity index (χ1v) is 6.04. The van der Waals surface area contributed by atoms with Crippen LogP contribution in [0.1, 0.15) is 5.56 Å². The molecule has 0 aromatic heterocycles. The van der Waals surface area contributed by atoms with Gasteiger partial charge in [-0.1, -0.05) is 6.07 Å². The first-order valence-electron chi connectivity index (χ1n) is 6.04. The van der Waals surface area contributed by atoms with Crippen molar-refractivity contribution in [3.8, 4) is 0 Å². The average molecular weight is 399 g/mol. The first kappa shape index (κ1) is 19.0. The highest BCUT2D eigenvalue weighted by molar-refractivity contribution is 14.0. The van der Waals surface area contributed by atoms with E-state index in [0.717, 1.165) is 6.07 Å². The second kappa shape index (κ2) is 10.8. The van der Waals surface area contributed by atoms with Crippen molar-refractivity contribution in [2.75, 3.05) is 33.9 Å². The molecule has 0 aliphatic rings. The van der Waals surface area contributed by atoms with E-state index in [4.69, 9.17) is 4.74 Å². The monoisotopic (exact) mass is 399 g/mol. The summed E-state index contributed by atoms with van der Waals surface area (Å²) in [6, 6.07) is 3.60. The topological polar surface area (TPSA) is 45.7 Å². The Bertz CT molecular complexity index is 430. The fourth-order valence-electron chi connectivity index (χ4n) is 1.53. The van der Waals surface area contributed by atoms with Gasteiger partial charge in [-0.25, -0.2) is 8.78 Å². The second-order valence-corrected chi connectivity index (χ2v) is 3.90. The van der Waals surface area contributed by atoms with Crippen LogP contribution >= 0.6 is 24.0 Å². The summed E-state index contributed by atoms with van der Waals surface area (Å²) in [5.41, 5.74) is 0.473. The summed E-state index contributed by atoms with van der Waals surface area (Å²) in [6.07, 6.45) is 0.455. The minimum absolute atomic E-state index is 0. The first-order chi connectivity index (χ1) is 9.17. The smallest absolute Gasteiger partial charge is 0.191 e. The lowest BCUT2D eigenvalue weighted by atomic mass is 10.1. The lowest BCUT2D eigenvalue weighted by Crippen LogP contribution is -2.39. The predicted molar refractivity (Wildman–Crippen MR) is 86.7 cm³/mol. The summed E-state index contributed by atoms with van der Waals surface area (Å²) in [7, 11) is 3.27. The number of benzene rings is 1. The van der Waals surface area contributed by atoms with E-state index in [0.29, 0.717) is 37.6 Å². The van der Waals surface area contributed by atoms with Gasteiger partial charge in [-0.05, 0) is 18.1 Å². The third-order valence-corrected chi connectivity index (χ3v) is 2.52. The van der Waals surface area contributed by atoms with Gasteiger partial charge >= 0.3 is 0 Å². The minimum Gasteiger partial charge on any atom is -0.383 e. The van der Waals surface area contributed by atoms with Crippen molar-refractivity contribution in [2.24, 2.45) is 4.99 Å². The van der Waals surface area contributed by atoms with Gasteiger partial charge in [0.15, 0.2) is 5.96 Å². The third-order valence-electron chi connectivity index (χ3n) is 2.52. The Hall–Kier alpha value is -0.960. The van der Waals surface area contributed by atoms with Crippen LogP contribution in [0.25, 0.3) is 0 Å². The fourth-order valence-corrected chi connectivity index (χ4v) is 1.53.